The predicted octanol–water partition coefficient (Wildman–Crippen LogP) is 2.72. The molecule has 2 N–H and O–H groups in total. The number of amides is 3. The quantitative estimate of drug-likeness (QED) is 0.904. The first-order valence-electron chi connectivity index (χ1n) is 7.17. The molecule has 0 aliphatic carbocycles. The summed E-state index contributed by atoms with van der Waals surface area (Å²) in [4.78, 5) is 30.9. The van der Waals surface area contributed by atoms with Crippen molar-refractivity contribution in [3.8, 4) is 11.3 Å². The van der Waals surface area contributed by atoms with Crippen molar-refractivity contribution in [3.05, 3.63) is 34.7 Å². The Morgan fingerprint density at radius 3 is 2.70 bits per heavy atom. The van der Waals surface area contributed by atoms with Crippen LogP contribution < -0.4 is 10.6 Å². The van der Waals surface area contributed by atoms with E-state index >= 15 is 0 Å². The standard InChI is InChI=1S/C16H20N4O2S/c1-10-8-12(9-23-10)14-13(6-5-7-17-14)19-16(22)18-11(2)15(21)20(3)4/h5-9,11H,1-4H3,(H2,18,19,22)/t11-/m0/s1. The molecule has 2 rings (SSSR count). The van der Waals surface area contributed by atoms with E-state index in [9.17, 15) is 9.59 Å². The number of hydrogen-bond acceptors (Lipinski definition) is 4. The summed E-state index contributed by atoms with van der Waals surface area (Å²) in [5, 5.41) is 7.39. The van der Waals surface area contributed by atoms with Gasteiger partial charge in [-0.1, -0.05) is 0 Å². The molecule has 0 fully saturated rings. The van der Waals surface area contributed by atoms with E-state index in [0.717, 1.165) is 5.56 Å². The van der Waals surface area contributed by atoms with Crippen LogP contribution in [0.15, 0.2) is 29.8 Å². The zero-order chi connectivity index (χ0) is 17.0. The molecule has 3 amide bonds. The summed E-state index contributed by atoms with van der Waals surface area (Å²) in [6.45, 7) is 3.67. The molecule has 0 aliphatic rings. The lowest BCUT2D eigenvalue weighted by Crippen LogP contribution is -2.45. The zero-order valence-electron chi connectivity index (χ0n) is 13.6. The monoisotopic (exact) mass is 332 g/mol. The van der Waals surface area contributed by atoms with Crippen molar-refractivity contribution in [2.24, 2.45) is 0 Å². The number of anilines is 1. The van der Waals surface area contributed by atoms with Crippen LogP contribution in [0.2, 0.25) is 0 Å². The Kier molecular flexibility index (Phi) is 5.33. The minimum Gasteiger partial charge on any atom is -0.347 e. The van der Waals surface area contributed by atoms with Gasteiger partial charge in [0.15, 0.2) is 0 Å². The fourth-order valence-corrected chi connectivity index (χ4v) is 2.80. The number of aryl methyl sites for hydroxylation is 1. The summed E-state index contributed by atoms with van der Waals surface area (Å²) in [6, 6.07) is 4.52. The van der Waals surface area contributed by atoms with Gasteiger partial charge in [-0.05, 0) is 32.0 Å². The molecular weight excluding hydrogens is 312 g/mol. The first-order chi connectivity index (χ1) is 10.9. The molecule has 2 heterocycles. The van der Waals surface area contributed by atoms with E-state index in [1.165, 1.54) is 9.78 Å². The Morgan fingerprint density at radius 2 is 2.09 bits per heavy atom. The molecule has 122 valence electrons. The lowest BCUT2D eigenvalue weighted by atomic mass is 10.2. The van der Waals surface area contributed by atoms with Gasteiger partial charge in [-0.15, -0.1) is 11.3 Å². The van der Waals surface area contributed by atoms with Crippen molar-refractivity contribution < 1.29 is 9.59 Å². The van der Waals surface area contributed by atoms with Crippen LogP contribution >= 0.6 is 11.3 Å². The molecule has 0 radical (unpaired) electrons. The van der Waals surface area contributed by atoms with Crippen LogP contribution in [0.4, 0.5) is 10.5 Å². The van der Waals surface area contributed by atoms with Gasteiger partial charge in [0.2, 0.25) is 5.91 Å². The Labute approximate surface area is 139 Å². The van der Waals surface area contributed by atoms with Gasteiger partial charge in [0, 0.05) is 36.1 Å². The van der Waals surface area contributed by atoms with E-state index in [2.05, 4.69) is 15.6 Å². The highest BCUT2D eigenvalue weighted by Crippen LogP contribution is 2.29. The van der Waals surface area contributed by atoms with Crippen LogP contribution in [-0.2, 0) is 4.79 Å². The molecule has 0 spiro atoms. The molecule has 2 aromatic rings. The maximum atomic E-state index is 12.1. The summed E-state index contributed by atoms with van der Waals surface area (Å²) >= 11 is 1.63. The van der Waals surface area contributed by atoms with Gasteiger partial charge >= 0.3 is 6.03 Å². The van der Waals surface area contributed by atoms with Crippen LogP contribution in [0.3, 0.4) is 0 Å². The second-order valence-corrected chi connectivity index (χ2v) is 6.51. The van der Waals surface area contributed by atoms with E-state index < -0.39 is 12.1 Å². The van der Waals surface area contributed by atoms with Crippen LogP contribution in [0, 0.1) is 6.92 Å². The molecule has 0 unspecified atom stereocenters. The zero-order valence-corrected chi connectivity index (χ0v) is 14.4. The highest BCUT2D eigenvalue weighted by Gasteiger charge is 2.18. The summed E-state index contributed by atoms with van der Waals surface area (Å²) in [6.07, 6.45) is 1.68. The van der Waals surface area contributed by atoms with Gasteiger partial charge in [0.1, 0.15) is 6.04 Å². The van der Waals surface area contributed by atoms with Gasteiger partial charge in [-0.3, -0.25) is 9.78 Å². The first kappa shape index (κ1) is 17.0. The third-order valence-corrected chi connectivity index (χ3v) is 4.08. The number of nitrogens with one attached hydrogen (secondary N) is 2. The number of thiophene rings is 1. The van der Waals surface area contributed by atoms with Gasteiger partial charge in [-0.2, -0.15) is 0 Å². The average Bonchev–Trinajstić information content (AvgIpc) is 2.93. The van der Waals surface area contributed by atoms with E-state index in [1.54, 1.807) is 50.7 Å². The molecule has 0 saturated carbocycles. The van der Waals surface area contributed by atoms with Gasteiger partial charge in [0.05, 0.1) is 11.4 Å². The number of urea groups is 1. The summed E-state index contributed by atoms with van der Waals surface area (Å²) in [5.74, 6) is -0.167. The van der Waals surface area contributed by atoms with Crippen molar-refractivity contribution >= 4 is 29.0 Å². The topological polar surface area (TPSA) is 74.3 Å². The highest BCUT2D eigenvalue weighted by molar-refractivity contribution is 7.10. The Bertz CT molecular complexity index is 712. The minimum atomic E-state index is -0.603. The molecule has 0 saturated heterocycles. The normalized spacial score (nSPS) is 11.7. The molecule has 23 heavy (non-hydrogen) atoms. The van der Waals surface area contributed by atoms with E-state index in [1.807, 2.05) is 18.4 Å². The molecule has 7 heteroatoms. The van der Waals surface area contributed by atoms with Crippen molar-refractivity contribution in [2.45, 2.75) is 19.9 Å². The molecule has 0 aromatic carbocycles. The summed E-state index contributed by atoms with van der Waals surface area (Å²) in [5.41, 5.74) is 2.27. The second kappa shape index (κ2) is 7.23. The minimum absolute atomic E-state index is 0.167. The lowest BCUT2D eigenvalue weighted by Gasteiger charge is -2.18. The van der Waals surface area contributed by atoms with Crippen molar-refractivity contribution in [1.82, 2.24) is 15.2 Å². The van der Waals surface area contributed by atoms with Crippen LogP contribution in [-0.4, -0.2) is 42.0 Å². The predicted molar refractivity (Wildman–Crippen MR) is 92.6 cm³/mol. The first-order valence-corrected chi connectivity index (χ1v) is 8.05. The van der Waals surface area contributed by atoms with Gasteiger partial charge in [0.25, 0.3) is 0 Å². The number of likely N-dealkylation sites (N-methyl/N-ethyl adjacent to an activating group) is 1. The average molecular weight is 332 g/mol. The third kappa shape index (κ3) is 4.29. The van der Waals surface area contributed by atoms with Crippen molar-refractivity contribution in [1.29, 1.82) is 0 Å². The number of aromatic nitrogens is 1. The Balaban J connectivity index is 2.11. The molecule has 0 aliphatic heterocycles. The fraction of sp³-hybridized carbons (Fsp3) is 0.312. The van der Waals surface area contributed by atoms with Crippen LogP contribution in [0.25, 0.3) is 11.3 Å². The smallest absolute Gasteiger partial charge is 0.319 e. The van der Waals surface area contributed by atoms with Gasteiger partial charge in [-0.25, -0.2) is 4.79 Å². The van der Waals surface area contributed by atoms with E-state index in [-0.39, 0.29) is 5.91 Å². The number of hydrogen-bond donors (Lipinski definition) is 2. The summed E-state index contributed by atoms with van der Waals surface area (Å²) in [7, 11) is 3.30. The molecule has 0 bridgehead atoms. The Hall–Kier alpha value is -2.41. The van der Waals surface area contributed by atoms with Crippen molar-refractivity contribution in [2.75, 3.05) is 19.4 Å². The largest absolute Gasteiger partial charge is 0.347 e. The second-order valence-electron chi connectivity index (χ2n) is 5.40. The van der Waals surface area contributed by atoms with Crippen molar-refractivity contribution in [3.63, 3.8) is 0 Å². The van der Waals surface area contributed by atoms with E-state index in [0.29, 0.717) is 11.4 Å². The number of nitrogens with zero attached hydrogens (tertiary/aromatic N) is 2. The fourth-order valence-electron chi connectivity index (χ4n) is 2.11. The maximum Gasteiger partial charge on any atom is 0.319 e. The molecule has 2 aromatic heterocycles. The Morgan fingerprint density at radius 1 is 1.35 bits per heavy atom. The third-order valence-electron chi connectivity index (χ3n) is 3.22. The number of carbonyl (C=O) groups excluding carboxylic acids is 2. The molecular formula is C16H20N4O2S. The number of rotatable bonds is 4. The molecule has 1 atom stereocenters. The van der Waals surface area contributed by atoms with E-state index in [4.69, 9.17) is 0 Å². The number of carbonyl (C=O) groups is 2. The highest BCUT2D eigenvalue weighted by atomic mass is 32.1. The maximum absolute atomic E-state index is 12.1. The molecule has 6 nitrogen and oxygen atoms in total. The van der Waals surface area contributed by atoms with Gasteiger partial charge < -0.3 is 15.5 Å². The van der Waals surface area contributed by atoms with Crippen LogP contribution in [0.1, 0.15) is 11.8 Å². The SMILES string of the molecule is Cc1cc(-c2ncccc2NC(=O)N[C@@H](C)C(=O)N(C)C)cs1. The van der Waals surface area contributed by atoms with Crippen LogP contribution in [0.5, 0.6) is 0 Å². The lowest BCUT2D eigenvalue weighted by molar-refractivity contribution is -0.130. The summed E-state index contributed by atoms with van der Waals surface area (Å²) < 4.78 is 0. The number of pyridine rings is 1.